The van der Waals surface area contributed by atoms with Gasteiger partial charge in [0.05, 0.1) is 16.2 Å². The van der Waals surface area contributed by atoms with E-state index < -0.39 is 0 Å². The normalized spacial score (nSPS) is 17.6. The molecule has 0 radical (unpaired) electrons. The second-order valence-electron chi connectivity index (χ2n) is 6.56. The molecule has 1 atom stereocenters. The van der Waals surface area contributed by atoms with Crippen molar-refractivity contribution in [3.05, 3.63) is 58.5 Å². The Morgan fingerprint density at radius 1 is 1.15 bits per heavy atom. The zero-order valence-electron chi connectivity index (χ0n) is 14.5. The number of aromatic nitrogens is 3. The van der Waals surface area contributed by atoms with E-state index in [0.717, 1.165) is 24.8 Å². The molecule has 1 aliphatic rings. The van der Waals surface area contributed by atoms with Gasteiger partial charge in [0.25, 0.3) is 5.56 Å². The van der Waals surface area contributed by atoms with E-state index >= 15 is 0 Å². The summed E-state index contributed by atoms with van der Waals surface area (Å²) in [6, 6.07) is 11.1. The van der Waals surface area contributed by atoms with Crippen molar-refractivity contribution in [3.63, 3.8) is 0 Å². The molecule has 2 aromatic heterocycles. The summed E-state index contributed by atoms with van der Waals surface area (Å²) >= 11 is 1.39. The van der Waals surface area contributed by atoms with Gasteiger partial charge in [0, 0.05) is 12.6 Å². The topological polar surface area (TPSA) is 64.8 Å². The van der Waals surface area contributed by atoms with Crippen LogP contribution in [-0.4, -0.2) is 25.6 Å². The quantitative estimate of drug-likeness (QED) is 0.662. The molecule has 6 heteroatoms. The van der Waals surface area contributed by atoms with Crippen molar-refractivity contribution in [2.75, 3.05) is 0 Å². The number of ketones is 1. The number of carbonyl (C=O) groups is 1. The van der Waals surface area contributed by atoms with Crippen LogP contribution in [0.5, 0.6) is 0 Å². The molecule has 1 aromatic carbocycles. The van der Waals surface area contributed by atoms with Gasteiger partial charge in [0.15, 0.2) is 5.16 Å². The van der Waals surface area contributed by atoms with Gasteiger partial charge in [0.1, 0.15) is 11.6 Å². The lowest BCUT2D eigenvalue weighted by Gasteiger charge is -2.21. The molecule has 132 valence electrons. The lowest BCUT2D eigenvalue weighted by Crippen LogP contribution is -2.26. The van der Waals surface area contributed by atoms with Gasteiger partial charge in [-0.2, -0.15) is 0 Å². The van der Waals surface area contributed by atoms with Crippen molar-refractivity contribution in [1.82, 2.24) is 14.5 Å². The summed E-state index contributed by atoms with van der Waals surface area (Å²) in [7, 11) is 0. The SMILES string of the molecule is Cc1ccnc(-n2c(SC3CCCCC3=O)nc3ccccc3c2=O)c1. The highest BCUT2D eigenvalue weighted by Gasteiger charge is 2.26. The van der Waals surface area contributed by atoms with Crippen LogP contribution in [0.2, 0.25) is 0 Å². The minimum Gasteiger partial charge on any atom is -0.298 e. The molecule has 3 aromatic rings. The molecule has 26 heavy (non-hydrogen) atoms. The second kappa shape index (κ2) is 7.03. The van der Waals surface area contributed by atoms with E-state index in [-0.39, 0.29) is 16.6 Å². The van der Waals surface area contributed by atoms with Crippen molar-refractivity contribution in [2.45, 2.75) is 43.0 Å². The summed E-state index contributed by atoms with van der Waals surface area (Å²) in [6.07, 6.45) is 5.11. The van der Waals surface area contributed by atoms with E-state index in [1.807, 2.05) is 37.3 Å². The van der Waals surface area contributed by atoms with Gasteiger partial charge in [-0.1, -0.05) is 30.3 Å². The number of pyridine rings is 1. The van der Waals surface area contributed by atoms with Crippen LogP contribution in [0.4, 0.5) is 0 Å². The van der Waals surface area contributed by atoms with Crippen LogP contribution >= 0.6 is 11.8 Å². The molecule has 1 aliphatic carbocycles. The van der Waals surface area contributed by atoms with E-state index in [4.69, 9.17) is 4.98 Å². The number of hydrogen-bond acceptors (Lipinski definition) is 5. The van der Waals surface area contributed by atoms with Crippen LogP contribution in [0.25, 0.3) is 16.7 Å². The molecule has 5 nitrogen and oxygen atoms in total. The number of para-hydroxylation sites is 1. The fourth-order valence-electron chi connectivity index (χ4n) is 3.24. The first-order valence-electron chi connectivity index (χ1n) is 8.78. The van der Waals surface area contributed by atoms with E-state index in [1.165, 1.54) is 11.8 Å². The van der Waals surface area contributed by atoms with Gasteiger partial charge in [0.2, 0.25) is 0 Å². The zero-order chi connectivity index (χ0) is 18.1. The van der Waals surface area contributed by atoms with Gasteiger partial charge >= 0.3 is 0 Å². The van der Waals surface area contributed by atoms with Crippen molar-refractivity contribution >= 4 is 28.4 Å². The van der Waals surface area contributed by atoms with Gasteiger partial charge in [-0.3, -0.25) is 9.59 Å². The van der Waals surface area contributed by atoms with Crippen molar-refractivity contribution in [3.8, 4) is 5.82 Å². The third-order valence-electron chi connectivity index (χ3n) is 4.62. The number of aryl methyl sites for hydroxylation is 1. The monoisotopic (exact) mass is 365 g/mol. The highest BCUT2D eigenvalue weighted by molar-refractivity contribution is 8.00. The van der Waals surface area contributed by atoms with Crippen molar-refractivity contribution < 1.29 is 4.79 Å². The number of fused-ring (bicyclic) bond motifs is 1. The van der Waals surface area contributed by atoms with Crippen LogP contribution in [0, 0.1) is 6.92 Å². The van der Waals surface area contributed by atoms with E-state index in [0.29, 0.717) is 28.3 Å². The van der Waals surface area contributed by atoms with Crippen LogP contribution in [0.1, 0.15) is 31.2 Å². The van der Waals surface area contributed by atoms with Gasteiger partial charge in [-0.05, 0) is 49.6 Å². The third kappa shape index (κ3) is 3.17. The van der Waals surface area contributed by atoms with E-state index in [2.05, 4.69) is 4.98 Å². The fourth-order valence-corrected chi connectivity index (χ4v) is 4.46. The molecular formula is C20H19N3O2S. The maximum absolute atomic E-state index is 13.2. The maximum atomic E-state index is 13.2. The average molecular weight is 365 g/mol. The molecule has 0 saturated heterocycles. The molecule has 1 fully saturated rings. The van der Waals surface area contributed by atoms with Crippen molar-refractivity contribution in [1.29, 1.82) is 0 Å². The summed E-state index contributed by atoms with van der Waals surface area (Å²) < 4.78 is 1.54. The average Bonchev–Trinajstić information content (AvgIpc) is 2.64. The second-order valence-corrected chi connectivity index (χ2v) is 7.73. The highest BCUT2D eigenvalue weighted by atomic mass is 32.2. The third-order valence-corrected chi connectivity index (χ3v) is 5.89. The number of hydrogen-bond donors (Lipinski definition) is 0. The molecule has 4 rings (SSSR count). The summed E-state index contributed by atoms with van der Waals surface area (Å²) in [6.45, 7) is 1.96. The minimum absolute atomic E-state index is 0.145. The summed E-state index contributed by atoms with van der Waals surface area (Å²) in [4.78, 5) is 34.5. The van der Waals surface area contributed by atoms with E-state index in [1.54, 1.807) is 16.8 Å². The lowest BCUT2D eigenvalue weighted by atomic mass is 9.99. The first-order chi connectivity index (χ1) is 12.6. The van der Waals surface area contributed by atoms with Crippen LogP contribution in [-0.2, 0) is 4.79 Å². The van der Waals surface area contributed by atoms with Gasteiger partial charge in [-0.15, -0.1) is 0 Å². The predicted octanol–water partition coefficient (Wildman–Crippen LogP) is 3.69. The number of thioether (sulfide) groups is 1. The molecule has 0 bridgehead atoms. The number of Topliss-reactive ketones (excluding diaryl/α,β-unsaturated/α-hetero) is 1. The zero-order valence-corrected chi connectivity index (χ0v) is 15.3. The summed E-state index contributed by atoms with van der Waals surface area (Å²) in [5.41, 5.74) is 1.51. The molecular weight excluding hydrogens is 346 g/mol. The van der Waals surface area contributed by atoms with Crippen LogP contribution < -0.4 is 5.56 Å². The molecule has 1 unspecified atom stereocenters. The predicted molar refractivity (Wildman–Crippen MR) is 103 cm³/mol. The number of nitrogens with zero attached hydrogens (tertiary/aromatic N) is 3. The van der Waals surface area contributed by atoms with Crippen LogP contribution in [0.15, 0.2) is 52.5 Å². The van der Waals surface area contributed by atoms with Crippen molar-refractivity contribution in [2.24, 2.45) is 0 Å². The smallest absolute Gasteiger partial charge is 0.267 e. The Bertz CT molecular complexity index is 1040. The molecule has 0 amide bonds. The molecule has 2 heterocycles. The molecule has 0 spiro atoms. The van der Waals surface area contributed by atoms with Gasteiger partial charge in [-0.25, -0.2) is 14.5 Å². The Balaban J connectivity index is 1.90. The Morgan fingerprint density at radius 3 is 2.81 bits per heavy atom. The fraction of sp³-hybridized carbons (Fsp3) is 0.300. The largest absolute Gasteiger partial charge is 0.298 e. The Kier molecular flexibility index (Phi) is 4.59. The molecule has 0 aliphatic heterocycles. The Hall–Kier alpha value is -2.47. The first kappa shape index (κ1) is 17.0. The number of benzene rings is 1. The standard InChI is InChI=1S/C20H19N3O2S/c1-13-10-11-21-18(12-13)23-19(25)14-6-2-3-7-15(14)22-20(23)26-17-9-5-4-8-16(17)24/h2-3,6-7,10-12,17H,4-5,8-9H2,1H3. The van der Waals surface area contributed by atoms with Gasteiger partial charge < -0.3 is 0 Å². The molecule has 1 saturated carbocycles. The van der Waals surface area contributed by atoms with Crippen LogP contribution in [0.3, 0.4) is 0 Å². The Labute approximate surface area is 155 Å². The minimum atomic E-state index is -0.153. The lowest BCUT2D eigenvalue weighted by molar-refractivity contribution is -0.119. The highest BCUT2D eigenvalue weighted by Crippen LogP contribution is 2.31. The first-order valence-corrected chi connectivity index (χ1v) is 9.65. The summed E-state index contributed by atoms with van der Waals surface area (Å²) in [5, 5.41) is 0.940. The molecule has 0 N–H and O–H groups in total. The number of carbonyl (C=O) groups excluding carboxylic acids is 1. The number of rotatable bonds is 3. The Morgan fingerprint density at radius 2 is 2.00 bits per heavy atom. The van der Waals surface area contributed by atoms with E-state index in [9.17, 15) is 9.59 Å². The maximum Gasteiger partial charge on any atom is 0.267 e. The summed E-state index contributed by atoms with van der Waals surface area (Å²) in [5.74, 6) is 0.784.